The molecule has 0 fully saturated rings. The summed E-state index contributed by atoms with van der Waals surface area (Å²) in [6, 6.07) is 5.73. The van der Waals surface area contributed by atoms with Crippen LogP contribution >= 0.6 is 0 Å². The molecule has 1 aliphatic rings. The van der Waals surface area contributed by atoms with E-state index in [-0.39, 0.29) is 18.3 Å². The normalized spacial score (nSPS) is 13.7. The van der Waals surface area contributed by atoms with E-state index in [9.17, 15) is 8.42 Å². The fourth-order valence-electron chi connectivity index (χ4n) is 1.92. The number of sulfone groups is 1. The van der Waals surface area contributed by atoms with Crippen LogP contribution < -0.4 is 14.8 Å². The van der Waals surface area contributed by atoms with E-state index in [0.29, 0.717) is 19.5 Å². The summed E-state index contributed by atoms with van der Waals surface area (Å²) in [6.45, 7) is 3.23. The first-order valence-corrected chi connectivity index (χ1v) is 8.22. The average Bonchev–Trinajstić information content (AvgIpc) is 2.82. The Morgan fingerprint density at radius 2 is 2.00 bits per heavy atom. The maximum Gasteiger partial charge on any atom is 0.231 e. The second-order valence-corrected chi connectivity index (χ2v) is 6.82. The molecule has 6 heteroatoms. The number of fused-ring (bicyclic) bond motifs is 1. The maximum absolute atomic E-state index is 11.5. The number of benzene rings is 1. The van der Waals surface area contributed by atoms with Crippen LogP contribution in [0.15, 0.2) is 18.2 Å². The van der Waals surface area contributed by atoms with Gasteiger partial charge in [-0.25, -0.2) is 8.42 Å². The molecule has 0 aliphatic carbocycles. The molecule has 0 unspecified atom stereocenters. The molecule has 0 atom stereocenters. The second kappa shape index (κ2) is 6.25. The summed E-state index contributed by atoms with van der Waals surface area (Å²) < 4.78 is 33.6. The number of ether oxygens (including phenoxy) is 2. The average molecular weight is 285 g/mol. The summed E-state index contributed by atoms with van der Waals surface area (Å²) in [5, 5.41) is 3.13. The number of hydrogen-bond donors (Lipinski definition) is 1. The minimum absolute atomic E-state index is 0.186. The summed E-state index contributed by atoms with van der Waals surface area (Å²) in [5.74, 6) is 1.96. The predicted octanol–water partition coefficient (Wildman–Crippen LogP) is 1.33. The molecule has 1 aromatic rings. The largest absolute Gasteiger partial charge is 0.454 e. The molecule has 5 nitrogen and oxygen atoms in total. The molecule has 0 saturated heterocycles. The standard InChI is InChI=1S/C13H19NO4S/c1-2-6-19(15,16)7-5-14-9-11-3-4-12-13(8-11)18-10-17-12/h3-4,8,14H,2,5-7,9-10H2,1H3. The molecule has 19 heavy (non-hydrogen) atoms. The summed E-state index contributed by atoms with van der Waals surface area (Å²) in [7, 11) is -2.90. The zero-order valence-electron chi connectivity index (χ0n) is 11.0. The monoisotopic (exact) mass is 285 g/mol. The Kier molecular flexibility index (Phi) is 4.66. The Morgan fingerprint density at radius 3 is 2.79 bits per heavy atom. The van der Waals surface area contributed by atoms with E-state index in [4.69, 9.17) is 9.47 Å². The van der Waals surface area contributed by atoms with Gasteiger partial charge in [-0.3, -0.25) is 0 Å². The molecule has 0 bridgehead atoms. The van der Waals surface area contributed by atoms with Crippen molar-refractivity contribution >= 4 is 9.84 Å². The highest BCUT2D eigenvalue weighted by molar-refractivity contribution is 7.91. The van der Waals surface area contributed by atoms with Crippen LogP contribution in [0.4, 0.5) is 0 Å². The SMILES string of the molecule is CCCS(=O)(=O)CCNCc1ccc2c(c1)OCO2. The summed E-state index contributed by atoms with van der Waals surface area (Å²) in [4.78, 5) is 0. The lowest BCUT2D eigenvalue weighted by Gasteiger charge is -2.06. The van der Waals surface area contributed by atoms with E-state index in [2.05, 4.69) is 5.32 Å². The van der Waals surface area contributed by atoms with Gasteiger partial charge in [-0.05, 0) is 24.1 Å². The molecule has 0 amide bonds. The number of rotatable bonds is 7. The van der Waals surface area contributed by atoms with E-state index in [1.165, 1.54) is 0 Å². The first-order valence-electron chi connectivity index (χ1n) is 6.40. The number of hydrogen-bond acceptors (Lipinski definition) is 5. The van der Waals surface area contributed by atoms with Gasteiger partial charge in [-0.2, -0.15) is 0 Å². The van der Waals surface area contributed by atoms with Gasteiger partial charge in [-0.15, -0.1) is 0 Å². The summed E-state index contributed by atoms with van der Waals surface area (Å²) >= 11 is 0. The fourth-order valence-corrected chi connectivity index (χ4v) is 3.21. The molecule has 0 spiro atoms. The van der Waals surface area contributed by atoms with Crippen LogP contribution in [-0.2, 0) is 16.4 Å². The Bertz CT molecular complexity index is 527. The lowest BCUT2D eigenvalue weighted by Crippen LogP contribution is -2.24. The molecule has 106 valence electrons. The maximum atomic E-state index is 11.5. The lowest BCUT2D eigenvalue weighted by atomic mass is 10.2. The minimum atomic E-state index is -2.90. The van der Waals surface area contributed by atoms with Crippen LogP contribution in [0.25, 0.3) is 0 Å². The van der Waals surface area contributed by atoms with Crippen LogP contribution in [0.2, 0.25) is 0 Å². The van der Waals surface area contributed by atoms with Crippen LogP contribution in [0.1, 0.15) is 18.9 Å². The lowest BCUT2D eigenvalue weighted by molar-refractivity contribution is 0.174. The summed E-state index contributed by atoms with van der Waals surface area (Å²) in [5.41, 5.74) is 1.05. The van der Waals surface area contributed by atoms with Gasteiger partial charge in [0.1, 0.15) is 0 Å². The van der Waals surface area contributed by atoms with Crippen molar-refractivity contribution in [2.45, 2.75) is 19.9 Å². The van der Waals surface area contributed by atoms with Crippen LogP contribution in [-0.4, -0.2) is 33.3 Å². The third-order valence-corrected chi connectivity index (χ3v) is 4.73. The van der Waals surface area contributed by atoms with E-state index < -0.39 is 9.84 Å². The summed E-state index contributed by atoms with van der Waals surface area (Å²) in [6.07, 6.45) is 0.671. The smallest absolute Gasteiger partial charge is 0.231 e. The van der Waals surface area contributed by atoms with Crippen LogP contribution in [0.3, 0.4) is 0 Å². The van der Waals surface area contributed by atoms with Crippen molar-refractivity contribution in [2.24, 2.45) is 0 Å². The first kappa shape index (κ1) is 14.1. The van der Waals surface area contributed by atoms with Gasteiger partial charge in [0.15, 0.2) is 21.3 Å². The van der Waals surface area contributed by atoms with Crippen molar-refractivity contribution < 1.29 is 17.9 Å². The first-order chi connectivity index (χ1) is 9.11. The van der Waals surface area contributed by atoms with Crippen molar-refractivity contribution in [1.82, 2.24) is 5.32 Å². The van der Waals surface area contributed by atoms with Gasteiger partial charge < -0.3 is 14.8 Å². The van der Waals surface area contributed by atoms with Gasteiger partial charge in [0.05, 0.1) is 5.75 Å². The van der Waals surface area contributed by atoms with Crippen molar-refractivity contribution in [3.05, 3.63) is 23.8 Å². The third kappa shape index (κ3) is 4.11. The Hall–Kier alpha value is -1.27. The van der Waals surface area contributed by atoms with E-state index in [1.807, 2.05) is 25.1 Å². The van der Waals surface area contributed by atoms with Crippen LogP contribution in [0, 0.1) is 0 Å². The molecule has 0 saturated carbocycles. The zero-order valence-corrected chi connectivity index (χ0v) is 11.8. The fraction of sp³-hybridized carbons (Fsp3) is 0.538. The predicted molar refractivity (Wildman–Crippen MR) is 73.2 cm³/mol. The molecule has 0 radical (unpaired) electrons. The van der Waals surface area contributed by atoms with E-state index in [1.54, 1.807) is 0 Å². The molecular formula is C13H19NO4S. The van der Waals surface area contributed by atoms with Crippen molar-refractivity contribution in [1.29, 1.82) is 0 Å². The third-order valence-electron chi connectivity index (χ3n) is 2.87. The van der Waals surface area contributed by atoms with E-state index in [0.717, 1.165) is 17.1 Å². The Morgan fingerprint density at radius 1 is 1.21 bits per heavy atom. The van der Waals surface area contributed by atoms with Gasteiger partial charge in [-0.1, -0.05) is 13.0 Å². The van der Waals surface area contributed by atoms with Crippen LogP contribution in [0.5, 0.6) is 11.5 Å². The van der Waals surface area contributed by atoms with Gasteiger partial charge in [0.25, 0.3) is 0 Å². The molecule has 1 heterocycles. The second-order valence-electron chi connectivity index (χ2n) is 4.52. The highest BCUT2D eigenvalue weighted by Gasteiger charge is 2.13. The van der Waals surface area contributed by atoms with Crippen molar-refractivity contribution in [2.75, 3.05) is 24.8 Å². The molecule has 0 aromatic heterocycles. The molecule has 1 N–H and O–H groups in total. The number of nitrogens with one attached hydrogen (secondary N) is 1. The molecule has 1 aromatic carbocycles. The molecular weight excluding hydrogens is 266 g/mol. The van der Waals surface area contributed by atoms with Crippen molar-refractivity contribution in [3.8, 4) is 11.5 Å². The zero-order chi connectivity index (χ0) is 13.7. The highest BCUT2D eigenvalue weighted by atomic mass is 32.2. The quantitative estimate of drug-likeness (QED) is 0.766. The topological polar surface area (TPSA) is 64.6 Å². The van der Waals surface area contributed by atoms with Gasteiger partial charge in [0, 0.05) is 18.8 Å². The highest BCUT2D eigenvalue weighted by Crippen LogP contribution is 2.32. The van der Waals surface area contributed by atoms with Crippen molar-refractivity contribution in [3.63, 3.8) is 0 Å². The van der Waals surface area contributed by atoms with Gasteiger partial charge in [0.2, 0.25) is 6.79 Å². The van der Waals surface area contributed by atoms with E-state index >= 15 is 0 Å². The minimum Gasteiger partial charge on any atom is -0.454 e. The molecule has 2 rings (SSSR count). The molecule has 1 aliphatic heterocycles. The Labute approximate surface area is 113 Å². The van der Waals surface area contributed by atoms with Gasteiger partial charge >= 0.3 is 0 Å². The Balaban J connectivity index is 1.77.